The largest absolute Gasteiger partial charge is 0.435 e. The number of aromatic nitrogens is 5. The van der Waals surface area contributed by atoms with Crippen molar-refractivity contribution >= 4 is 11.3 Å². The maximum Gasteiger partial charge on any atom is 0.239 e. The number of hydrogen-bond donors (Lipinski definition) is 1. The summed E-state index contributed by atoms with van der Waals surface area (Å²) in [5.74, 6) is -0.0373. The SMILES string of the molecule is Nc1ccc(F)cc1Oc1ccc2nnnn2n1. The fourth-order valence-corrected chi connectivity index (χ4v) is 1.40. The Bertz CT molecular complexity index is 712. The van der Waals surface area contributed by atoms with Crippen LogP contribution < -0.4 is 10.5 Å². The van der Waals surface area contributed by atoms with Gasteiger partial charge in [0.15, 0.2) is 11.4 Å². The van der Waals surface area contributed by atoms with E-state index >= 15 is 0 Å². The number of nitrogens with two attached hydrogens (primary N) is 1. The van der Waals surface area contributed by atoms with E-state index in [1.165, 1.54) is 22.8 Å². The van der Waals surface area contributed by atoms with Crippen molar-refractivity contribution < 1.29 is 9.13 Å². The lowest BCUT2D eigenvalue weighted by molar-refractivity contribution is 0.445. The summed E-state index contributed by atoms with van der Waals surface area (Å²) < 4.78 is 19.6. The van der Waals surface area contributed by atoms with Gasteiger partial charge in [0, 0.05) is 12.1 Å². The molecule has 0 aliphatic carbocycles. The molecule has 0 fully saturated rings. The van der Waals surface area contributed by atoms with Crippen molar-refractivity contribution in [2.45, 2.75) is 0 Å². The predicted molar refractivity (Wildman–Crippen MR) is 59.5 cm³/mol. The van der Waals surface area contributed by atoms with Gasteiger partial charge in [-0.1, -0.05) is 0 Å². The first kappa shape index (κ1) is 10.4. The first-order valence-electron chi connectivity index (χ1n) is 5.01. The molecule has 0 bridgehead atoms. The molecule has 1 aromatic carbocycles. The molecule has 0 spiro atoms. The molecule has 0 radical (unpaired) electrons. The molecule has 0 amide bonds. The van der Waals surface area contributed by atoms with E-state index in [-0.39, 0.29) is 11.6 Å². The summed E-state index contributed by atoms with van der Waals surface area (Å²) in [4.78, 5) is 0. The Morgan fingerprint density at radius 3 is 3.00 bits per heavy atom. The van der Waals surface area contributed by atoms with Crippen LogP contribution in [0.5, 0.6) is 11.6 Å². The molecule has 3 aromatic rings. The normalized spacial score (nSPS) is 10.7. The van der Waals surface area contributed by atoms with Crippen LogP contribution in [0.25, 0.3) is 5.65 Å². The molecule has 2 heterocycles. The molecule has 3 rings (SSSR count). The maximum absolute atomic E-state index is 13.1. The van der Waals surface area contributed by atoms with Gasteiger partial charge in [0.25, 0.3) is 0 Å². The quantitative estimate of drug-likeness (QED) is 0.679. The fourth-order valence-electron chi connectivity index (χ4n) is 1.40. The zero-order chi connectivity index (χ0) is 12.5. The van der Waals surface area contributed by atoms with E-state index < -0.39 is 5.82 Å². The fraction of sp³-hybridized carbons (Fsp3) is 0. The van der Waals surface area contributed by atoms with Crippen molar-refractivity contribution in [3.05, 3.63) is 36.1 Å². The number of benzene rings is 1. The van der Waals surface area contributed by atoms with Crippen LogP contribution in [0.1, 0.15) is 0 Å². The van der Waals surface area contributed by atoms with Crippen LogP contribution in [0.2, 0.25) is 0 Å². The van der Waals surface area contributed by atoms with Gasteiger partial charge in [-0.25, -0.2) is 4.39 Å². The second kappa shape index (κ2) is 3.91. The molecule has 0 aliphatic heterocycles. The molecule has 0 aliphatic rings. The number of ether oxygens (including phenoxy) is 1. The Hall–Kier alpha value is -2.77. The highest BCUT2D eigenvalue weighted by molar-refractivity contribution is 5.53. The van der Waals surface area contributed by atoms with Gasteiger partial charge in [-0.2, -0.15) is 0 Å². The van der Waals surface area contributed by atoms with Crippen LogP contribution in [0.15, 0.2) is 30.3 Å². The molecular weight excluding hydrogens is 239 g/mol. The Kier molecular flexibility index (Phi) is 2.26. The Labute approximate surface area is 100.0 Å². The van der Waals surface area contributed by atoms with Gasteiger partial charge in [0.2, 0.25) is 5.88 Å². The van der Waals surface area contributed by atoms with E-state index in [4.69, 9.17) is 10.5 Å². The smallest absolute Gasteiger partial charge is 0.239 e. The minimum Gasteiger partial charge on any atom is -0.435 e. The van der Waals surface area contributed by atoms with Crippen molar-refractivity contribution in [1.82, 2.24) is 25.3 Å². The molecule has 7 nitrogen and oxygen atoms in total. The number of hydrogen-bond acceptors (Lipinski definition) is 6. The maximum atomic E-state index is 13.1. The minimum atomic E-state index is -0.442. The van der Waals surface area contributed by atoms with Gasteiger partial charge in [-0.3, -0.25) is 0 Å². The zero-order valence-corrected chi connectivity index (χ0v) is 8.99. The lowest BCUT2D eigenvalue weighted by atomic mass is 10.3. The molecule has 2 N–H and O–H groups in total. The van der Waals surface area contributed by atoms with Crippen molar-refractivity contribution in [1.29, 1.82) is 0 Å². The molecule has 0 saturated heterocycles. The van der Waals surface area contributed by atoms with Crippen molar-refractivity contribution in [2.75, 3.05) is 5.73 Å². The van der Waals surface area contributed by atoms with Crippen LogP contribution in [0, 0.1) is 5.82 Å². The van der Waals surface area contributed by atoms with Crippen molar-refractivity contribution in [3.63, 3.8) is 0 Å². The standard InChI is InChI=1S/C10H7FN6O/c11-6-1-2-7(12)8(5-6)18-10-4-3-9-13-15-16-17(9)14-10/h1-5H,12H2. The van der Waals surface area contributed by atoms with E-state index in [2.05, 4.69) is 20.6 Å². The Morgan fingerprint density at radius 2 is 2.11 bits per heavy atom. The average molecular weight is 246 g/mol. The third-order valence-corrected chi connectivity index (χ3v) is 2.24. The highest BCUT2D eigenvalue weighted by atomic mass is 19.1. The summed E-state index contributed by atoms with van der Waals surface area (Å²) >= 11 is 0. The first-order valence-corrected chi connectivity index (χ1v) is 5.01. The second-order valence-corrected chi connectivity index (χ2v) is 3.48. The highest BCUT2D eigenvalue weighted by Gasteiger charge is 2.06. The number of nitrogens with zero attached hydrogens (tertiary/aromatic N) is 5. The van der Waals surface area contributed by atoms with Crippen molar-refractivity contribution in [2.24, 2.45) is 0 Å². The number of tetrazole rings is 1. The summed E-state index contributed by atoms with van der Waals surface area (Å²) in [6.07, 6.45) is 0. The molecule has 18 heavy (non-hydrogen) atoms. The molecule has 0 atom stereocenters. The molecule has 0 unspecified atom stereocenters. The molecule has 8 heteroatoms. The summed E-state index contributed by atoms with van der Waals surface area (Å²) in [7, 11) is 0. The van der Waals surface area contributed by atoms with Gasteiger partial charge >= 0.3 is 0 Å². The summed E-state index contributed by atoms with van der Waals surface area (Å²) in [6.45, 7) is 0. The third-order valence-electron chi connectivity index (χ3n) is 2.24. The van der Waals surface area contributed by atoms with Gasteiger partial charge in [-0.05, 0) is 28.6 Å². The van der Waals surface area contributed by atoms with Crippen molar-refractivity contribution in [3.8, 4) is 11.6 Å². The van der Waals surface area contributed by atoms with Crippen LogP contribution in [-0.2, 0) is 0 Å². The molecule has 0 saturated carbocycles. The summed E-state index contributed by atoms with van der Waals surface area (Å²) in [6, 6.07) is 7.04. The zero-order valence-electron chi connectivity index (χ0n) is 8.99. The number of fused-ring (bicyclic) bond motifs is 1. The monoisotopic (exact) mass is 246 g/mol. The van der Waals surface area contributed by atoms with E-state index in [1.807, 2.05) is 0 Å². The van der Waals surface area contributed by atoms with Gasteiger partial charge in [-0.15, -0.1) is 14.8 Å². The van der Waals surface area contributed by atoms with Crippen LogP contribution in [0.4, 0.5) is 10.1 Å². The van der Waals surface area contributed by atoms with Gasteiger partial charge in [0.1, 0.15) is 5.82 Å². The van der Waals surface area contributed by atoms with Crippen LogP contribution in [0.3, 0.4) is 0 Å². The average Bonchev–Trinajstić information content (AvgIpc) is 2.81. The van der Waals surface area contributed by atoms with E-state index in [9.17, 15) is 4.39 Å². The lowest BCUT2D eigenvalue weighted by Crippen LogP contribution is -1.99. The number of anilines is 1. The highest BCUT2D eigenvalue weighted by Crippen LogP contribution is 2.26. The second-order valence-electron chi connectivity index (χ2n) is 3.48. The topological polar surface area (TPSA) is 91.2 Å². The van der Waals surface area contributed by atoms with Gasteiger partial charge in [0.05, 0.1) is 5.69 Å². The first-order chi connectivity index (χ1) is 8.72. The number of halogens is 1. The molecule has 90 valence electrons. The molecule has 2 aromatic heterocycles. The Balaban J connectivity index is 1.97. The number of nitrogen functional groups attached to an aromatic ring is 1. The molecular formula is C10H7FN6O. The lowest BCUT2D eigenvalue weighted by Gasteiger charge is -2.06. The summed E-state index contributed by atoms with van der Waals surface area (Å²) in [5.41, 5.74) is 6.46. The minimum absolute atomic E-state index is 0.190. The van der Waals surface area contributed by atoms with E-state index in [1.54, 1.807) is 12.1 Å². The Morgan fingerprint density at radius 1 is 1.22 bits per heavy atom. The van der Waals surface area contributed by atoms with Gasteiger partial charge < -0.3 is 10.5 Å². The third kappa shape index (κ3) is 1.79. The van der Waals surface area contributed by atoms with Crippen LogP contribution in [-0.4, -0.2) is 25.3 Å². The van der Waals surface area contributed by atoms with Crippen LogP contribution >= 0.6 is 0 Å². The predicted octanol–water partition coefficient (Wildman–Crippen LogP) is 1.03. The number of rotatable bonds is 2. The summed E-state index contributed by atoms with van der Waals surface area (Å²) in [5, 5.41) is 14.7. The van der Waals surface area contributed by atoms with E-state index in [0.717, 1.165) is 0 Å². The van der Waals surface area contributed by atoms with E-state index in [0.29, 0.717) is 11.3 Å².